The number of nitrogens with zero attached hydrogens (tertiary/aromatic N) is 3. The predicted molar refractivity (Wildman–Crippen MR) is 57.4 cm³/mol. The molecule has 7 heteroatoms. The van der Waals surface area contributed by atoms with Crippen molar-refractivity contribution >= 4 is 17.4 Å². The van der Waals surface area contributed by atoms with Gasteiger partial charge in [-0.25, -0.2) is 9.97 Å². The highest BCUT2D eigenvalue weighted by atomic mass is 35.5. The maximum absolute atomic E-state index is 5.84. The molecule has 2 rings (SSSR count). The van der Waals surface area contributed by atoms with Crippen LogP contribution in [0.5, 0.6) is 5.75 Å². The van der Waals surface area contributed by atoms with Crippen LogP contribution in [-0.4, -0.2) is 22.2 Å². The van der Waals surface area contributed by atoms with Crippen molar-refractivity contribution in [2.75, 3.05) is 12.4 Å². The molecule has 0 fully saturated rings. The molecule has 84 valence electrons. The Bertz CT molecular complexity index is 461. The van der Waals surface area contributed by atoms with Crippen LogP contribution < -0.4 is 10.1 Å². The minimum atomic E-state index is 0.264. The summed E-state index contributed by atoms with van der Waals surface area (Å²) in [5.41, 5.74) is 0.761. The SMILES string of the molecule is COc1c(Cl)ncnc1NCc1ccon1. The van der Waals surface area contributed by atoms with Crippen LogP contribution in [0, 0.1) is 0 Å². The van der Waals surface area contributed by atoms with E-state index in [1.54, 1.807) is 6.07 Å². The highest BCUT2D eigenvalue weighted by Gasteiger charge is 2.09. The first-order chi connectivity index (χ1) is 7.81. The van der Waals surface area contributed by atoms with Crippen LogP contribution in [0.3, 0.4) is 0 Å². The highest BCUT2D eigenvalue weighted by Crippen LogP contribution is 2.28. The molecule has 0 radical (unpaired) electrons. The van der Waals surface area contributed by atoms with Crippen LogP contribution in [0.1, 0.15) is 5.69 Å². The molecule has 2 heterocycles. The van der Waals surface area contributed by atoms with E-state index >= 15 is 0 Å². The molecule has 0 saturated heterocycles. The van der Waals surface area contributed by atoms with Gasteiger partial charge < -0.3 is 14.6 Å². The Morgan fingerprint density at radius 2 is 2.38 bits per heavy atom. The maximum Gasteiger partial charge on any atom is 0.198 e. The van der Waals surface area contributed by atoms with Crippen LogP contribution in [0.25, 0.3) is 0 Å². The summed E-state index contributed by atoms with van der Waals surface area (Å²) < 4.78 is 9.79. The largest absolute Gasteiger partial charge is 0.490 e. The topological polar surface area (TPSA) is 73.1 Å². The fourth-order valence-corrected chi connectivity index (χ4v) is 1.37. The molecular weight excluding hydrogens is 232 g/mol. The molecule has 0 unspecified atom stereocenters. The van der Waals surface area contributed by atoms with Gasteiger partial charge in [0.2, 0.25) is 0 Å². The molecule has 6 nitrogen and oxygen atoms in total. The molecule has 16 heavy (non-hydrogen) atoms. The Morgan fingerprint density at radius 3 is 3.06 bits per heavy atom. The summed E-state index contributed by atoms with van der Waals surface area (Å²) in [6, 6.07) is 1.75. The molecule has 1 N–H and O–H groups in total. The fraction of sp³-hybridized carbons (Fsp3) is 0.222. The summed E-state index contributed by atoms with van der Waals surface area (Å²) in [5.74, 6) is 0.929. The van der Waals surface area contributed by atoms with Crippen molar-refractivity contribution in [3.8, 4) is 5.75 Å². The second kappa shape index (κ2) is 4.80. The van der Waals surface area contributed by atoms with E-state index < -0.39 is 0 Å². The standard InChI is InChI=1S/C9H9ClN4O2/c1-15-7-8(10)12-5-13-9(7)11-4-6-2-3-16-14-6/h2-3,5H,4H2,1H3,(H,11,12,13). The third-order valence-corrected chi connectivity index (χ3v) is 2.16. The number of hydrogen-bond acceptors (Lipinski definition) is 6. The Hall–Kier alpha value is -1.82. The lowest BCUT2D eigenvalue weighted by Crippen LogP contribution is -2.04. The molecule has 0 aliphatic heterocycles. The molecular formula is C9H9ClN4O2. The maximum atomic E-state index is 5.84. The first kappa shape index (κ1) is 10.7. The third kappa shape index (κ3) is 2.22. The smallest absolute Gasteiger partial charge is 0.198 e. The second-order valence-corrected chi connectivity index (χ2v) is 3.25. The zero-order valence-electron chi connectivity index (χ0n) is 8.48. The van der Waals surface area contributed by atoms with Gasteiger partial charge in [-0.05, 0) is 0 Å². The van der Waals surface area contributed by atoms with Gasteiger partial charge in [0.25, 0.3) is 0 Å². The summed E-state index contributed by atoms with van der Waals surface area (Å²) in [5, 5.41) is 7.04. The van der Waals surface area contributed by atoms with Crippen LogP contribution in [-0.2, 0) is 6.54 Å². The second-order valence-electron chi connectivity index (χ2n) is 2.89. The Balaban J connectivity index is 2.12. The first-order valence-corrected chi connectivity index (χ1v) is 4.86. The zero-order valence-corrected chi connectivity index (χ0v) is 9.23. The van der Waals surface area contributed by atoms with Crippen molar-refractivity contribution < 1.29 is 9.26 Å². The van der Waals surface area contributed by atoms with Crippen LogP contribution in [0.4, 0.5) is 5.82 Å². The normalized spacial score (nSPS) is 10.1. The summed E-state index contributed by atoms with van der Waals surface area (Å²) in [4.78, 5) is 7.83. The summed E-state index contributed by atoms with van der Waals surface area (Å²) in [6.07, 6.45) is 2.86. The Morgan fingerprint density at radius 1 is 1.50 bits per heavy atom. The third-order valence-electron chi connectivity index (χ3n) is 1.89. The minimum Gasteiger partial charge on any atom is -0.490 e. The van der Waals surface area contributed by atoms with Crippen LogP contribution in [0.2, 0.25) is 5.15 Å². The van der Waals surface area contributed by atoms with E-state index in [9.17, 15) is 0 Å². The Labute approximate surface area is 96.6 Å². The van der Waals surface area contributed by atoms with Gasteiger partial charge in [0.15, 0.2) is 16.7 Å². The Kier molecular flexibility index (Phi) is 3.21. The number of aromatic nitrogens is 3. The average Bonchev–Trinajstić information content (AvgIpc) is 2.79. The lowest BCUT2D eigenvalue weighted by molar-refractivity contribution is 0.410. The van der Waals surface area contributed by atoms with Gasteiger partial charge in [0.1, 0.15) is 18.3 Å². The number of rotatable bonds is 4. The van der Waals surface area contributed by atoms with Gasteiger partial charge in [0.05, 0.1) is 13.7 Å². The molecule has 0 saturated carbocycles. The number of hydrogen-bond donors (Lipinski definition) is 1. The molecule has 0 aliphatic carbocycles. The quantitative estimate of drug-likeness (QED) is 0.821. The van der Waals surface area contributed by atoms with Crippen molar-refractivity contribution in [2.24, 2.45) is 0 Å². The van der Waals surface area contributed by atoms with Gasteiger partial charge in [-0.1, -0.05) is 16.8 Å². The van der Waals surface area contributed by atoms with E-state index in [1.165, 1.54) is 19.7 Å². The molecule has 0 bridgehead atoms. The van der Waals surface area contributed by atoms with Crippen LogP contribution >= 0.6 is 11.6 Å². The summed E-state index contributed by atoms with van der Waals surface area (Å²) in [7, 11) is 1.51. The van der Waals surface area contributed by atoms with Crippen molar-refractivity contribution in [1.82, 2.24) is 15.1 Å². The van der Waals surface area contributed by atoms with E-state index in [-0.39, 0.29) is 5.15 Å². The van der Waals surface area contributed by atoms with Crippen molar-refractivity contribution in [1.29, 1.82) is 0 Å². The zero-order chi connectivity index (χ0) is 11.4. The van der Waals surface area contributed by atoms with Crippen molar-refractivity contribution in [2.45, 2.75) is 6.54 Å². The number of nitrogens with one attached hydrogen (secondary N) is 1. The molecule has 0 aliphatic rings. The minimum absolute atomic E-state index is 0.264. The van der Waals surface area contributed by atoms with E-state index in [2.05, 4.69) is 20.4 Å². The molecule has 2 aromatic rings. The van der Waals surface area contributed by atoms with E-state index in [4.69, 9.17) is 20.9 Å². The highest BCUT2D eigenvalue weighted by molar-refractivity contribution is 6.31. The van der Waals surface area contributed by atoms with Gasteiger partial charge in [-0.15, -0.1) is 0 Å². The number of anilines is 1. The number of halogens is 1. The monoisotopic (exact) mass is 240 g/mol. The molecule has 0 amide bonds. The van der Waals surface area contributed by atoms with E-state index in [0.717, 1.165) is 5.69 Å². The average molecular weight is 241 g/mol. The van der Waals surface area contributed by atoms with Gasteiger partial charge in [-0.3, -0.25) is 0 Å². The van der Waals surface area contributed by atoms with Crippen molar-refractivity contribution in [3.63, 3.8) is 0 Å². The molecule has 0 aromatic carbocycles. The van der Waals surface area contributed by atoms with Crippen LogP contribution in [0.15, 0.2) is 23.2 Å². The molecule has 0 atom stereocenters. The fourth-order valence-electron chi connectivity index (χ4n) is 1.16. The lowest BCUT2D eigenvalue weighted by atomic mass is 10.4. The predicted octanol–water partition coefficient (Wildman–Crippen LogP) is 1.74. The van der Waals surface area contributed by atoms with Gasteiger partial charge in [-0.2, -0.15) is 0 Å². The molecule has 0 spiro atoms. The first-order valence-electron chi connectivity index (χ1n) is 4.49. The van der Waals surface area contributed by atoms with Gasteiger partial charge in [0, 0.05) is 6.07 Å². The van der Waals surface area contributed by atoms with E-state index in [0.29, 0.717) is 18.1 Å². The summed E-state index contributed by atoms with van der Waals surface area (Å²) in [6.45, 7) is 0.472. The van der Waals surface area contributed by atoms with Crippen molar-refractivity contribution in [3.05, 3.63) is 29.5 Å². The number of methoxy groups -OCH3 is 1. The number of ether oxygens (including phenoxy) is 1. The lowest BCUT2D eigenvalue weighted by Gasteiger charge is -2.08. The molecule has 2 aromatic heterocycles. The summed E-state index contributed by atoms with van der Waals surface area (Å²) >= 11 is 5.84. The van der Waals surface area contributed by atoms with E-state index in [1.807, 2.05) is 0 Å². The van der Waals surface area contributed by atoms with Gasteiger partial charge >= 0.3 is 0 Å².